The van der Waals surface area contributed by atoms with Gasteiger partial charge in [0.15, 0.2) is 0 Å². The van der Waals surface area contributed by atoms with Gasteiger partial charge in [-0.3, -0.25) is 4.79 Å². The molecular formula is C13H23NO4. The molecule has 0 aromatic heterocycles. The van der Waals surface area contributed by atoms with Crippen molar-refractivity contribution < 1.29 is 19.7 Å². The van der Waals surface area contributed by atoms with E-state index in [1.807, 2.05) is 37.3 Å². The van der Waals surface area contributed by atoms with E-state index in [2.05, 4.69) is 10.1 Å². The summed E-state index contributed by atoms with van der Waals surface area (Å²) >= 11 is 0. The van der Waals surface area contributed by atoms with E-state index in [0.29, 0.717) is 13.2 Å². The van der Waals surface area contributed by atoms with Crippen molar-refractivity contribution in [3.05, 3.63) is 30.3 Å². The predicted molar refractivity (Wildman–Crippen MR) is 71.8 cm³/mol. The Morgan fingerprint density at radius 3 is 2.22 bits per heavy atom. The highest BCUT2D eigenvalue weighted by atomic mass is 16.5. The van der Waals surface area contributed by atoms with Gasteiger partial charge in [0.2, 0.25) is 0 Å². The Kier molecular flexibility index (Phi) is 14.0. The lowest BCUT2D eigenvalue weighted by atomic mass is 10.3. The molecule has 1 aromatic carbocycles. The van der Waals surface area contributed by atoms with Crippen LogP contribution in [-0.4, -0.2) is 38.3 Å². The zero-order chi connectivity index (χ0) is 12.9. The van der Waals surface area contributed by atoms with Gasteiger partial charge < -0.3 is 20.3 Å². The SMILES string of the molecule is CCNCC(=O)OCC.COc1ccccc1.O. The third-order valence-electron chi connectivity index (χ3n) is 1.80. The van der Waals surface area contributed by atoms with Crippen LogP contribution in [0, 0.1) is 0 Å². The van der Waals surface area contributed by atoms with Crippen LogP contribution in [0.5, 0.6) is 5.75 Å². The highest BCUT2D eigenvalue weighted by Gasteiger charge is 1.96. The molecule has 0 unspecified atom stereocenters. The van der Waals surface area contributed by atoms with Gasteiger partial charge in [-0.1, -0.05) is 25.1 Å². The lowest BCUT2D eigenvalue weighted by Crippen LogP contribution is -2.24. The molecular weight excluding hydrogens is 234 g/mol. The Balaban J connectivity index is 0. The fourth-order valence-electron chi connectivity index (χ4n) is 0.996. The minimum atomic E-state index is -0.181. The largest absolute Gasteiger partial charge is 0.497 e. The normalized spacial score (nSPS) is 8.39. The lowest BCUT2D eigenvalue weighted by Gasteiger charge is -1.99. The molecule has 0 heterocycles. The van der Waals surface area contributed by atoms with Gasteiger partial charge in [0, 0.05) is 0 Å². The summed E-state index contributed by atoms with van der Waals surface area (Å²) in [7, 11) is 1.66. The summed E-state index contributed by atoms with van der Waals surface area (Å²) in [5.41, 5.74) is 0. The maximum absolute atomic E-state index is 10.5. The standard InChI is InChI=1S/C7H8O.C6H13NO2.H2O/c1-8-7-5-3-2-4-6-7;1-3-7-5-6(8)9-4-2;/h2-6H,1H3;7H,3-5H2,1-2H3;1H2. The van der Waals surface area contributed by atoms with E-state index in [1.165, 1.54) is 0 Å². The molecule has 0 saturated heterocycles. The number of nitrogens with one attached hydrogen (secondary N) is 1. The zero-order valence-corrected chi connectivity index (χ0v) is 11.2. The average molecular weight is 257 g/mol. The van der Waals surface area contributed by atoms with Gasteiger partial charge in [-0.2, -0.15) is 0 Å². The number of hydrogen-bond acceptors (Lipinski definition) is 4. The molecule has 0 amide bonds. The van der Waals surface area contributed by atoms with E-state index < -0.39 is 0 Å². The molecule has 1 rings (SSSR count). The van der Waals surface area contributed by atoms with E-state index in [-0.39, 0.29) is 11.4 Å². The third-order valence-corrected chi connectivity index (χ3v) is 1.80. The second-order valence-electron chi connectivity index (χ2n) is 3.10. The molecule has 5 nitrogen and oxygen atoms in total. The molecule has 0 spiro atoms. The summed E-state index contributed by atoms with van der Waals surface area (Å²) < 4.78 is 9.56. The van der Waals surface area contributed by atoms with Gasteiger partial charge in [-0.25, -0.2) is 0 Å². The van der Waals surface area contributed by atoms with E-state index >= 15 is 0 Å². The van der Waals surface area contributed by atoms with Gasteiger partial charge in [-0.05, 0) is 25.6 Å². The van der Waals surface area contributed by atoms with Crippen molar-refractivity contribution in [1.82, 2.24) is 5.32 Å². The fraction of sp³-hybridized carbons (Fsp3) is 0.462. The molecule has 0 saturated carbocycles. The van der Waals surface area contributed by atoms with Crippen LogP contribution in [0.15, 0.2) is 30.3 Å². The number of para-hydroxylation sites is 1. The lowest BCUT2D eigenvalue weighted by molar-refractivity contribution is -0.141. The first-order valence-electron chi connectivity index (χ1n) is 5.69. The first kappa shape index (κ1) is 18.8. The van der Waals surface area contributed by atoms with Crippen LogP contribution in [0.4, 0.5) is 0 Å². The maximum atomic E-state index is 10.5. The Labute approximate surface area is 108 Å². The number of esters is 1. The number of carbonyl (C=O) groups is 1. The Hall–Kier alpha value is -1.59. The van der Waals surface area contributed by atoms with Crippen LogP contribution in [0.25, 0.3) is 0 Å². The molecule has 0 bridgehead atoms. The second kappa shape index (κ2) is 13.5. The van der Waals surface area contributed by atoms with Gasteiger partial charge in [0.25, 0.3) is 0 Å². The number of hydrogen-bond donors (Lipinski definition) is 1. The number of ether oxygens (including phenoxy) is 2. The quantitative estimate of drug-likeness (QED) is 0.799. The molecule has 3 N–H and O–H groups in total. The highest BCUT2D eigenvalue weighted by Crippen LogP contribution is 2.05. The molecule has 18 heavy (non-hydrogen) atoms. The molecule has 0 aliphatic carbocycles. The Bertz CT molecular complexity index is 290. The van der Waals surface area contributed by atoms with Crippen molar-refractivity contribution in [2.75, 3.05) is 26.8 Å². The monoisotopic (exact) mass is 257 g/mol. The minimum Gasteiger partial charge on any atom is -0.497 e. The van der Waals surface area contributed by atoms with E-state index in [9.17, 15) is 4.79 Å². The average Bonchev–Trinajstić information content (AvgIpc) is 2.38. The predicted octanol–water partition coefficient (Wildman–Crippen LogP) is 1.03. The molecule has 1 aromatic rings. The van der Waals surface area contributed by atoms with Gasteiger partial charge >= 0.3 is 5.97 Å². The summed E-state index contributed by atoms with van der Waals surface area (Å²) in [4.78, 5) is 10.5. The van der Waals surface area contributed by atoms with E-state index in [4.69, 9.17) is 4.74 Å². The molecule has 0 aliphatic heterocycles. The number of benzene rings is 1. The van der Waals surface area contributed by atoms with Gasteiger partial charge in [0.05, 0.1) is 20.3 Å². The summed E-state index contributed by atoms with van der Waals surface area (Å²) in [5.74, 6) is 0.729. The third kappa shape index (κ3) is 10.9. The Morgan fingerprint density at radius 1 is 1.22 bits per heavy atom. The summed E-state index contributed by atoms with van der Waals surface area (Å²) in [6.07, 6.45) is 0. The molecule has 5 heteroatoms. The van der Waals surface area contributed by atoms with Crippen molar-refractivity contribution in [3.63, 3.8) is 0 Å². The van der Waals surface area contributed by atoms with Crippen molar-refractivity contribution in [1.29, 1.82) is 0 Å². The summed E-state index contributed by atoms with van der Waals surface area (Å²) in [6.45, 7) is 5.33. The zero-order valence-electron chi connectivity index (χ0n) is 11.2. The molecule has 0 radical (unpaired) electrons. The first-order chi connectivity index (χ1) is 8.24. The summed E-state index contributed by atoms with van der Waals surface area (Å²) in [6, 6.07) is 9.68. The topological polar surface area (TPSA) is 79.1 Å². The molecule has 0 fully saturated rings. The Morgan fingerprint density at radius 2 is 1.83 bits per heavy atom. The van der Waals surface area contributed by atoms with Crippen LogP contribution in [0.1, 0.15) is 13.8 Å². The van der Waals surface area contributed by atoms with Crippen LogP contribution < -0.4 is 10.1 Å². The van der Waals surface area contributed by atoms with E-state index in [1.54, 1.807) is 14.0 Å². The van der Waals surface area contributed by atoms with Gasteiger partial charge in [-0.15, -0.1) is 0 Å². The molecule has 0 atom stereocenters. The number of carbonyl (C=O) groups excluding carboxylic acids is 1. The summed E-state index contributed by atoms with van der Waals surface area (Å²) in [5, 5.41) is 2.86. The minimum absolute atomic E-state index is 0. The molecule has 0 aliphatic rings. The van der Waals surface area contributed by atoms with E-state index in [0.717, 1.165) is 12.3 Å². The van der Waals surface area contributed by atoms with Crippen LogP contribution in [-0.2, 0) is 9.53 Å². The van der Waals surface area contributed by atoms with Crippen molar-refractivity contribution in [2.45, 2.75) is 13.8 Å². The number of methoxy groups -OCH3 is 1. The van der Waals surface area contributed by atoms with Crippen LogP contribution >= 0.6 is 0 Å². The number of likely N-dealkylation sites (N-methyl/N-ethyl adjacent to an activating group) is 1. The maximum Gasteiger partial charge on any atom is 0.319 e. The smallest absolute Gasteiger partial charge is 0.319 e. The first-order valence-corrected chi connectivity index (χ1v) is 5.69. The molecule has 104 valence electrons. The highest BCUT2D eigenvalue weighted by molar-refractivity contribution is 5.71. The second-order valence-corrected chi connectivity index (χ2v) is 3.10. The van der Waals surface area contributed by atoms with Gasteiger partial charge in [0.1, 0.15) is 5.75 Å². The van der Waals surface area contributed by atoms with Crippen LogP contribution in [0.2, 0.25) is 0 Å². The van der Waals surface area contributed by atoms with Crippen LogP contribution in [0.3, 0.4) is 0 Å². The fourth-order valence-corrected chi connectivity index (χ4v) is 0.996. The number of rotatable bonds is 5. The van der Waals surface area contributed by atoms with Crippen molar-refractivity contribution in [3.8, 4) is 5.75 Å². The van der Waals surface area contributed by atoms with Crippen molar-refractivity contribution >= 4 is 5.97 Å². The van der Waals surface area contributed by atoms with Crippen molar-refractivity contribution in [2.24, 2.45) is 0 Å².